The third-order valence-electron chi connectivity index (χ3n) is 3.01. The number of methoxy groups -OCH3 is 1. The summed E-state index contributed by atoms with van der Waals surface area (Å²) >= 11 is 0.988. The van der Waals surface area contributed by atoms with Gasteiger partial charge in [0.25, 0.3) is 0 Å². The van der Waals surface area contributed by atoms with Crippen LogP contribution in [0.1, 0.15) is 6.42 Å². The summed E-state index contributed by atoms with van der Waals surface area (Å²) in [5, 5.41) is 8.62. The average Bonchev–Trinajstić information content (AvgIpc) is 2.90. The first-order valence-electron chi connectivity index (χ1n) is 7.03. The fourth-order valence-electron chi connectivity index (χ4n) is 1.90. The highest BCUT2D eigenvalue weighted by Gasteiger charge is 2.14. The number of ether oxygens (including phenoxy) is 1. The van der Waals surface area contributed by atoms with Gasteiger partial charge in [-0.15, -0.1) is 5.10 Å². The minimum atomic E-state index is -0.857. The molecule has 1 aromatic carbocycles. The van der Waals surface area contributed by atoms with E-state index >= 15 is 0 Å². The van der Waals surface area contributed by atoms with Gasteiger partial charge in [-0.25, -0.2) is 18.7 Å². The molecule has 0 unspecified atom stereocenters. The topological polar surface area (TPSA) is 89.0 Å². The highest BCUT2D eigenvalue weighted by molar-refractivity contribution is 7.99. The summed E-state index contributed by atoms with van der Waals surface area (Å²) in [7, 11) is 1.56. The van der Waals surface area contributed by atoms with Gasteiger partial charge in [-0.05, 0) is 18.6 Å². The van der Waals surface area contributed by atoms with Gasteiger partial charge in [-0.1, -0.05) is 17.8 Å². The standard InChI is InChI=1S/C14H16F2N4O3S/c1-23-7-3-6-20-13(22)18-19-14(20)24-8-11(21)17-12-9(15)4-2-5-10(12)16/h2,4-5H,3,6-8H2,1H3,(H,17,21)(H,18,22). The monoisotopic (exact) mass is 358 g/mol. The van der Waals surface area contributed by atoms with E-state index < -0.39 is 28.9 Å². The highest BCUT2D eigenvalue weighted by atomic mass is 32.2. The predicted molar refractivity (Wildman–Crippen MR) is 85.1 cm³/mol. The number of aromatic amines is 1. The zero-order valence-electron chi connectivity index (χ0n) is 12.8. The molecule has 2 aromatic rings. The SMILES string of the molecule is COCCCn1c(SCC(=O)Nc2c(F)cccc2F)n[nH]c1=O. The number of nitrogens with zero attached hydrogens (tertiary/aromatic N) is 2. The summed E-state index contributed by atoms with van der Waals surface area (Å²) in [5.74, 6) is -2.47. The number of para-hydroxylation sites is 1. The van der Waals surface area contributed by atoms with Crippen molar-refractivity contribution in [2.45, 2.75) is 18.1 Å². The maximum atomic E-state index is 13.5. The number of rotatable bonds is 8. The van der Waals surface area contributed by atoms with E-state index in [-0.39, 0.29) is 5.75 Å². The van der Waals surface area contributed by atoms with E-state index in [0.29, 0.717) is 24.7 Å². The molecule has 0 radical (unpaired) electrons. The highest BCUT2D eigenvalue weighted by Crippen LogP contribution is 2.19. The third kappa shape index (κ3) is 4.65. The van der Waals surface area contributed by atoms with Gasteiger partial charge < -0.3 is 10.1 Å². The summed E-state index contributed by atoms with van der Waals surface area (Å²) in [6.07, 6.45) is 0.607. The maximum Gasteiger partial charge on any atom is 0.343 e. The number of nitrogens with one attached hydrogen (secondary N) is 2. The van der Waals surface area contributed by atoms with Gasteiger partial charge in [0.1, 0.15) is 17.3 Å². The van der Waals surface area contributed by atoms with Crippen molar-refractivity contribution < 1.29 is 18.3 Å². The first-order valence-corrected chi connectivity index (χ1v) is 8.02. The van der Waals surface area contributed by atoms with Gasteiger partial charge in [0.05, 0.1) is 5.75 Å². The molecule has 0 atom stereocenters. The average molecular weight is 358 g/mol. The van der Waals surface area contributed by atoms with Crippen molar-refractivity contribution in [3.8, 4) is 0 Å². The Kier molecular flexibility index (Phi) is 6.50. The van der Waals surface area contributed by atoms with E-state index in [0.717, 1.165) is 23.9 Å². The molecule has 0 aliphatic rings. The Morgan fingerprint density at radius 1 is 1.42 bits per heavy atom. The number of amides is 1. The van der Waals surface area contributed by atoms with E-state index in [2.05, 4.69) is 15.5 Å². The lowest BCUT2D eigenvalue weighted by Crippen LogP contribution is -2.20. The van der Waals surface area contributed by atoms with Crippen LogP contribution < -0.4 is 11.0 Å². The van der Waals surface area contributed by atoms with Crippen molar-refractivity contribution in [1.82, 2.24) is 14.8 Å². The van der Waals surface area contributed by atoms with Gasteiger partial charge >= 0.3 is 5.69 Å². The number of thioether (sulfide) groups is 1. The first-order chi connectivity index (χ1) is 11.5. The van der Waals surface area contributed by atoms with Crippen molar-refractivity contribution in [2.75, 3.05) is 24.8 Å². The molecule has 0 saturated heterocycles. The molecule has 1 heterocycles. The van der Waals surface area contributed by atoms with E-state index in [1.807, 2.05) is 0 Å². The molecule has 10 heteroatoms. The number of hydrogen-bond donors (Lipinski definition) is 2. The number of H-pyrrole nitrogens is 1. The van der Waals surface area contributed by atoms with Crippen molar-refractivity contribution in [3.05, 3.63) is 40.3 Å². The predicted octanol–water partition coefficient (Wildman–Crippen LogP) is 1.62. The van der Waals surface area contributed by atoms with Crippen LogP contribution in [0.4, 0.5) is 14.5 Å². The van der Waals surface area contributed by atoms with E-state index in [1.54, 1.807) is 7.11 Å². The van der Waals surface area contributed by atoms with Crippen LogP contribution in [0.2, 0.25) is 0 Å². The molecule has 0 bridgehead atoms. The number of halogens is 2. The zero-order valence-corrected chi connectivity index (χ0v) is 13.7. The van der Waals surface area contributed by atoms with Gasteiger partial charge in [0, 0.05) is 20.3 Å². The van der Waals surface area contributed by atoms with Gasteiger partial charge in [0.2, 0.25) is 5.91 Å². The zero-order chi connectivity index (χ0) is 17.5. The van der Waals surface area contributed by atoms with Crippen LogP contribution in [-0.4, -0.2) is 40.1 Å². The normalized spacial score (nSPS) is 10.8. The molecule has 2 rings (SSSR count). The number of hydrogen-bond acceptors (Lipinski definition) is 5. The smallest absolute Gasteiger partial charge is 0.343 e. The quantitative estimate of drug-likeness (QED) is 0.553. The van der Waals surface area contributed by atoms with Crippen LogP contribution in [0.25, 0.3) is 0 Å². The Bertz CT molecular complexity index is 742. The Morgan fingerprint density at radius 2 is 2.12 bits per heavy atom. The first kappa shape index (κ1) is 18.1. The largest absolute Gasteiger partial charge is 0.385 e. The van der Waals surface area contributed by atoms with Crippen LogP contribution in [0.15, 0.2) is 28.2 Å². The fourth-order valence-corrected chi connectivity index (χ4v) is 2.67. The molecule has 0 spiro atoms. The molecule has 24 heavy (non-hydrogen) atoms. The van der Waals surface area contributed by atoms with Crippen LogP contribution in [0, 0.1) is 11.6 Å². The maximum absolute atomic E-state index is 13.5. The minimum absolute atomic E-state index is 0.150. The molecular weight excluding hydrogens is 342 g/mol. The number of benzene rings is 1. The molecule has 0 fully saturated rings. The van der Waals surface area contributed by atoms with E-state index in [9.17, 15) is 18.4 Å². The number of aromatic nitrogens is 3. The van der Waals surface area contributed by atoms with Crippen LogP contribution in [-0.2, 0) is 16.1 Å². The summed E-state index contributed by atoms with van der Waals surface area (Å²) in [5.41, 5.74) is -0.892. The Balaban J connectivity index is 1.96. The lowest BCUT2D eigenvalue weighted by Gasteiger charge is -2.08. The Labute approximate surface area is 140 Å². The van der Waals surface area contributed by atoms with Crippen LogP contribution in [0.3, 0.4) is 0 Å². The molecule has 7 nitrogen and oxygen atoms in total. The van der Waals surface area contributed by atoms with Gasteiger partial charge in [-0.3, -0.25) is 9.36 Å². The second kappa shape index (κ2) is 8.60. The molecule has 130 valence electrons. The number of anilines is 1. The van der Waals surface area contributed by atoms with Crippen LogP contribution in [0.5, 0.6) is 0 Å². The molecule has 1 aromatic heterocycles. The Morgan fingerprint density at radius 3 is 2.79 bits per heavy atom. The number of carbonyl (C=O) groups excluding carboxylic acids is 1. The molecule has 0 aliphatic carbocycles. The third-order valence-corrected chi connectivity index (χ3v) is 3.99. The van der Waals surface area contributed by atoms with Crippen molar-refractivity contribution >= 4 is 23.4 Å². The van der Waals surface area contributed by atoms with Crippen molar-refractivity contribution in [2.24, 2.45) is 0 Å². The lowest BCUT2D eigenvalue weighted by atomic mass is 10.3. The molecule has 1 amide bonds. The van der Waals surface area contributed by atoms with Gasteiger partial charge in [0.15, 0.2) is 5.16 Å². The van der Waals surface area contributed by atoms with Gasteiger partial charge in [-0.2, -0.15) is 0 Å². The summed E-state index contributed by atoms with van der Waals surface area (Å²) < 4.78 is 33.3. The van der Waals surface area contributed by atoms with Crippen molar-refractivity contribution in [3.63, 3.8) is 0 Å². The molecule has 0 aliphatic heterocycles. The summed E-state index contributed by atoms with van der Waals surface area (Å²) in [6, 6.07) is 3.30. The summed E-state index contributed by atoms with van der Waals surface area (Å²) in [6.45, 7) is 0.865. The van der Waals surface area contributed by atoms with Crippen LogP contribution >= 0.6 is 11.8 Å². The summed E-state index contributed by atoms with van der Waals surface area (Å²) in [4.78, 5) is 23.5. The van der Waals surface area contributed by atoms with E-state index in [1.165, 1.54) is 10.6 Å². The second-order valence-electron chi connectivity index (χ2n) is 4.74. The molecule has 2 N–H and O–H groups in total. The molecular formula is C14H16F2N4O3S. The van der Waals surface area contributed by atoms with Crippen molar-refractivity contribution in [1.29, 1.82) is 0 Å². The fraction of sp³-hybridized carbons (Fsp3) is 0.357. The molecule has 0 saturated carbocycles. The minimum Gasteiger partial charge on any atom is -0.385 e. The second-order valence-corrected chi connectivity index (χ2v) is 5.69. The lowest BCUT2D eigenvalue weighted by molar-refractivity contribution is -0.113. The van der Waals surface area contributed by atoms with E-state index in [4.69, 9.17) is 4.74 Å². The Hall–Kier alpha value is -2.20. The number of carbonyl (C=O) groups is 1.